The van der Waals surface area contributed by atoms with E-state index < -0.39 is 0 Å². The highest BCUT2D eigenvalue weighted by Crippen LogP contribution is 2.16. The number of aromatic nitrogens is 5. The topological polar surface area (TPSA) is 71.2 Å². The monoisotopic (exact) mass is 323 g/mol. The average molecular weight is 323 g/mol. The van der Waals surface area contributed by atoms with Crippen LogP contribution in [0.2, 0.25) is 0 Å². The van der Waals surface area contributed by atoms with Crippen molar-refractivity contribution in [3.05, 3.63) is 48.2 Å². The van der Waals surface area contributed by atoms with Crippen molar-refractivity contribution in [2.45, 2.75) is 32.4 Å². The van der Waals surface area contributed by atoms with E-state index in [1.54, 1.807) is 0 Å². The second-order valence-corrected chi connectivity index (χ2v) is 6.18. The zero-order valence-electron chi connectivity index (χ0n) is 13.8. The molecule has 1 N–H and O–H groups in total. The summed E-state index contributed by atoms with van der Waals surface area (Å²) in [5.74, 6) is 1.74. The Labute approximate surface area is 140 Å². The van der Waals surface area contributed by atoms with E-state index in [9.17, 15) is 0 Å². The second-order valence-electron chi connectivity index (χ2n) is 6.18. The van der Waals surface area contributed by atoms with Gasteiger partial charge in [0, 0.05) is 43.8 Å². The molecule has 1 saturated heterocycles. The lowest BCUT2D eigenvalue weighted by molar-refractivity contribution is 0.540. The summed E-state index contributed by atoms with van der Waals surface area (Å²) in [6, 6.07) is 5.98. The molecule has 0 spiro atoms. The van der Waals surface area contributed by atoms with Crippen molar-refractivity contribution in [3.63, 3.8) is 0 Å². The zero-order valence-corrected chi connectivity index (χ0v) is 13.8. The van der Waals surface area contributed by atoms with E-state index in [4.69, 9.17) is 0 Å². The molecule has 0 bridgehead atoms. The van der Waals surface area contributed by atoms with Gasteiger partial charge in [0.1, 0.15) is 0 Å². The van der Waals surface area contributed by atoms with Crippen LogP contribution in [-0.2, 0) is 6.54 Å². The number of nitrogens with one attached hydrogen (secondary N) is 1. The highest BCUT2D eigenvalue weighted by atomic mass is 15.3. The second kappa shape index (κ2) is 6.52. The van der Waals surface area contributed by atoms with Gasteiger partial charge in [-0.15, -0.1) is 10.2 Å². The van der Waals surface area contributed by atoms with E-state index in [2.05, 4.69) is 37.3 Å². The molecular weight excluding hydrogens is 302 g/mol. The van der Waals surface area contributed by atoms with Gasteiger partial charge in [0.05, 0.1) is 6.04 Å². The number of fused-ring (bicyclic) bond motifs is 1. The first kappa shape index (κ1) is 15.0. The molecule has 7 heteroatoms. The molecule has 1 fully saturated rings. The molecule has 0 aromatic carbocycles. The molecule has 7 nitrogen and oxygen atoms in total. The standard InChI is InChI=1S/C17H21N7/c1-13(16-22-21-15-6-2-3-9-24(15)16)18-10-14-11-19-17(20-12-14)23-7-4-5-8-23/h2-3,6,9,11-13,18H,4-5,7-8,10H2,1H3. The maximum atomic E-state index is 4.49. The van der Waals surface area contributed by atoms with Crippen LogP contribution in [0.15, 0.2) is 36.8 Å². The summed E-state index contributed by atoms with van der Waals surface area (Å²) in [7, 11) is 0. The molecule has 3 aromatic rings. The Morgan fingerprint density at radius 1 is 1.12 bits per heavy atom. The van der Waals surface area contributed by atoms with Gasteiger partial charge in [-0.25, -0.2) is 9.97 Å². The van der Waals surface area contributed by atoms with E-state index in [0.717, 1.165) is 36.1 Å². The molecule has 1 aliphatic heterocycles. The summed E-state index contributed by atoms with van der Waals surface area (Å²) in [4.78, 5) is 11.2. The smallest absolute Gasteiger partial charge is 0.225 e. The highest BCUT2D eigenvalue weighted by molar-refractivity contribution is 5.37. The molecule has 1 aliphatic rings. The minimum absolute atomic E-state index is 0.0839. The zero-order chi connectivity index (χ0) is 16.4. The first-order valence-corrected chi connectivity index (χ1v) is 8.40. The predicted octanol–water partition coefficient (Wildman–Crippen LogP) is 1.97. The lowest BCUT2D eigenvalue weighted by Crippen LogP contribution is -2.22. The van der Waals surface area contributed by atoms with Crippen LogP contribution < -0.4 is 10.2 Å². The van der Waals surface area contributed by atoms with Crippen molar-refractivity contribution >= 4 is 11.6 Å². The van der Waals surface area contributed by atoms with E-state index in [1.165, 1.54) is 12.8 Å². The Morgan fingerprint density at radius 3 is 2.71 bits per heavy atom. The maximum absolute atomic E-state index is 4.49. The maximum Gasteiger partial charge on any atom is 0.225 e. The first-order chi connectivity index (χ1) is 11.8. The Bertz CT molecular complexity index is 805. The predicted molar refractivity (Wildman–Crippen MR) is 91.7 cm³/mol. The number of pyridine rings is 1. The molecule has 24 heavy (non-hydrogen) atoms. The lowest BCUT2D eigenvalue weighted by Gasteiger charge is -2.15. The van der Waals surface area contributed by atoms with Gasteiger partial charge in [-0.1, -0.05) is 6.07 Å². The van der Waals surface area contributed by atoms with Crippen molar-refractivity contribution in [3.8, 4) is 0 Å². The van der Waals surface area contributed by atoms with E-state index >= 15 is 0 Å². The minimum atomic E-state index is 0.0839. The third-order valence-electron chi connectivity index (χ3n) is 4.42. The van der Waals surface area contributed by atoms with Crippen LogP contribution in [0.5, 0.6) is 0 Å². The Kier molecular flexibility index (Phi) is 4.08. The average Bonchev–Trinajstić information content (AvgIpc) is 3.30. The SMILES string of the molecule is CC(NCc1cnc(N2CCCC2)nc1)c1nnc2ccccn12. The summed E-state index contributed by atoms with van der Waals surface area (Å²) in [5.41, 5.74) is 1.93. The molecule has 3 aromatic heterocycles. The third kappa shape index (κ3) is 2.94. The summed E-state index contributed by atoms with van der Waals surface area (Å²) in [5, 5.41) is 11.9. The van der Waals surface area contributed by atoms with Crippen LogP contribution in [0.3, 0.4) is 0 Å². The van der Waals surface area contributed by atoms with E-state index in [-0.39, 0.29) is 6.04 Å². The van der Waals surface area contributed by atoms with Gasteiger partial charge in [-0.3, -0.25) is 4.40 Å². The van der Waals surface area contributed by atoms with Crippen LogP contribution in [0, 0.1) is 0 Å². The normalized spacial score (nSPS) is 16.0. The number of hydrogen-bond donors (Lipinski definition) is 1. The Morgan fingerprint density at radius 2 is 1.92 bits per heavy atom. The molecule has 1 atom stereocenters. The van der Waals surface area contributed by atoms with E-state index in [0.29, 0.717) is 6.54 Å². The summed E-state index contributed by atoms with van der Waals surface area (Å²) < 4.78 is 2.00. The lowest BCUT2D eigenvalue weighted by atomic mass is 10.2. The quantitative estimate of drug-likeness (QED) is 0.774. The molecular formula is C17H21N7. The van der Waals surface area contributed by atoms with Crippen molar-refractivity contribution in [1.82, 2.24) is 29.9 Å². The first-order valence-electron chi connectivity index (χ1n) is 8.40. The van der Waals surface area contributed by atoms with Crippen molar-refractivity contribution in [2.24, 2.45) is 0 Å². The fourth-order valence-corrected chi connectivity index (χ4v) is 3.04. The van der Waals surface area contributed by atoms with Crippen LogP contribution in [0.1, 0.15) is 37.2 Å². The molecule has 0 radical (unpaired) electrons. The van der Waals surface area contributed by atoms with Crippen molar-refractivity contribution in [1.29, 1.82) is 0 Å². The van der Waals surface area contributed by atoms with Gasteiger partial charge in [0.2, 0.25) is 5.95 Å². The molecule has 4 heterocycles. The molecule has 0 amide bonds. The molecule has 4 rings (SSSR count). The van der Waals surface area contributed by atoms with Gasteiger partial charge in [-0.05, 0) is 31.9 Å². The third-order valence-corrected chi connectivity index (χ3v) is 4.42. The summed E-state index contributed by atoms with van der Waals surface area (Å²) >= 11 is 0. The molecule has 124 valence electrons. The van der Waals surface area contributed by atoms with Gasteiger partial charge in [0.15, 0.2) is 11.5 Å². The fourth-order valence-electron chi connectivity index (χ4n) is 3.04. The fraction of sp³-hybridized carbons (Fsp3) is 0.412. The van der Waals surface area contributed by atoms with Gasteiger partial charge in [0.25, 0.3) is 0 Å². The summed E-state index contributed by atoms with van der Waals surface area (Å²) in [6.45, 7) is 4.91. The van der Waals surface area contributed by atoms with Crippen LogP contribution in [-0.4, -0.2) is 37.7 Å². The van der Waals surface area contributed by atoms with Crippen LogP contribution >= 0.6 is 0 Å². The van der Waals surface area contributed by atoms with Crippen molar-refractivity contribution in [2.75, 3.05) is 18.0 Å². The largest absolute Gasteiger partial charge is 0.341 e. The molecule has 0 saturated carbocycles. The van der Waals surface area contributed by atoms with Crippen molar-refractivity contribution < 1.29 is 0 Å². The molecule has 0 aliphatic carbocycles. The van der Waals surface area contributed by atoms with Crippen LogP contribution in [0.25, 0.3) is 5.65 Å². The Hall–Kier alpha value is -2.54. The highest BCUT2D eigenvalue weighted by Gasteiger charge is 2.15. The minimum Gasteiger partial charge on any atom is -0.341 e. The van der Waals surface area contributed by atoms with Gasteiger partial charge < -0.3 is 10.2 Å². The summed E-state index contributed by atoms with van der Waals surface area (Å²) in [6.07, 6.45) is 8.26. The molecule has 1 unspecified atom stereocenters. The van der Waals surface area contributed by atoms with Crippen LogP contribution in [0.4, 0.5) is 5.95 Å². The number of anilines is 1. The number of rotatable bonds is 5. The van der Waals surface area contributed by atoms with E-state index in [1.807, 2.05) is 41.2 Å². The van der Waals surface area contributed by atoms with Gasteiger partial charge >= 0.3 is 0 Å². The van der Waals surface area contributed by atoms with Gasteiger partial charge in [-0.2, -0.15) is 0 Å². The number of nitrogens with zero attached hydrogens (tertiary/aromatic N) is 6. The number of hydrogen-bond acceptors (Lipinski definition) is 6. The Balaban J connectivity index is 1.40.